The Bertz CT molecular complexity index is 1240. The maximum Gasteiger partial charge on any atom is 0.418 e. The topological polar surface area (TPSA) is 55.1 Å². The Labute approximate surface area is 171 Å². The molecule has 0 atom stereocenters. The monoisotopic (exact) mass is 437 g/mol. The van der Waals surface area contributed by atoms with Gasteiger partial charge in [0.15, 0.2) is 11.5 Å². The molecule has 1 N–H and O–H groups in total. The molecule has 160 valence electrons. The summed E-state index contributed by atoms with van der Waals surface area (Å²) in [4.78, 5) is 8.14. The third-order valence-electron chi connectivity index (χ3n) is 4.51. The molecule has 3 heterocycles. The van der Waals surface area contributed by atoms with E-state index in [9.17, 15) is 26.3 Å². The molecule has 0 aliphatic heterocycles. The molecule has 5 nitrogen and oxygen atoms in total. The molecule has 3 aromatic heterocycles. The van der Waals surface area contributed by atoms with Crippen molar-refractivity contribution in [2.24, 2.45) is 0 Å². The molecule has 0 radical (unpaired) electrons. The van der Waals surface area contributed by atoms with Crippen molar-refractivity contribution in [2.45, 2.75) is 19.3 Å². The lowest BCUT2D eigenvalue weighted by atomic mass is 10.1. The highest BCUT2D eigenvalue weighted by Crippen LogP contribution is 2.36. The minimum absolute atomic E-state index is 0.131. The van der Waals surface area contributed by atoms with E-state index in [-0.39, 0.29) is 16.9 Å². The van der Waals surface area contributed by atoms with Gasteiger partial charge in [0.1, 0.15) is 0 Å². The number of hydrogen-bond acceptors (Lipinski definition) is 4. The van der Waals surface area contributed by atoms with E-state index < -0.39 is 23.5 Å². The summed E-state index contributed by atoms with van der Waals surface area (Å²) in [6.45, 7) is 1.64. The van der Waals surface area contributed by atoms with Gasteiger partial charge in [0, 0.05) is 17.4 Å². The van der Waals surface area contributed by atoms with Crippen LogP contribution in [0.15, 0.2) is 54.9 Å². The summed E-state index contributed by atoms with van der Waals surface area (Å²) in [6.07, 6.45) is -6.56. The maximum atomic E-state index is 13.3. The van der Waals surface area contributed by atoms with Crippen LogP contribution < -0.4 is 5.32 Å². The first-order chi connectivity index (χ1) is 14.5. The second kappa shape index (κ2) is 7.25. The van der Waals surface area contributed by atoms with Gasteiger partial charge in [-0.1, -0.05) is 0 Å². The standard InChI is InChI=1S/C20H13F6N5/c1-11-18(30-14-6-4-13(5-7-14)19(21,22)23)31-16(29-11)9-12(10-28-31)17-15(20(24,25)26)3-2-8-27-17/h2-10,30H,1H3. The van der Waals surface area contributed by atoms with E-state index in [1.807, 2.05) is 0 Å². The van der Waals surface area contributed by atoms with Gasteiger partial charge in [-0.25, -0.2) is 4.98 Å². The number of benzene rings is 1. The molecule has 0 saturated carbocycles. The van der Waals surface area contributed by atoms with Gasteiger partial charge >= 0.3 is 12.4 Å². The number of rotatable bonds is 3. The van der Waals surface area contributed by atoms with Crippen LogP contribution in [0, 0.1) is 6.92 Å². The lowest BCUT2D eigenvalue weighted by Crippen LogP contribution is -2.08. The summed E-state index contributed by atoms with van der Waals surface area (Å²) in [5.74, 6) is 0.373. The van der Waals surface area contributed by atoms with Crippen molar-refractivity contribution in [3.63, 3.8) is 0 Å². The average molecular weight is 437 g/mol. The fraction of sp³-hybridized carbons (Fsp3) is 0.150. The zero-order valence-electron chi connectivity index (χ0n) is 15.8. The van der Waals surface area contributed by atoms with Crippen molar-refractivity contribution in [3.05, 3.63) is 71.7 Å². The van der Waals surface area contributed by atoms with Crippen LogP contribution in [-0.4, -0.2) is 19.6 Å². The molecular weight excluding hydrogens is 424 g/mol. The van der Waals surface area contributed by atoms with E-state index in [2.05, 4.69) is 20.4 Å². The second-order valence-corrected chi connectivity index (χ2v) is 6.66. The second-order valence-electron chi connectivity index (χ2n) is 6.66. The number of imidazole rings is 1. The molecule has 0 spiro atoms. The van der Waals surface area contributed by atoms with Crippen molar-refractivity contribution >= 4 is 17.2 Å². The van der Waals surface area contributed by atoms with Gasteiger partial charge in [-0.3, -0.25) is 4.98 Å². The zero-order chi connectivity index (χ0) is 22.4. The van der Waals surface area contributed by atoms with Gasteiger partial charge < -0.3 is 5.32 Å². The molecule has 1 aromatic carbocycles. The van der Waals surface area contributed by atoms with Crippen LogP contribution in [0.2, 0.25) is 0 Å². The highest BCUT2D eigenvalue weighted by Gasteiger charge is 2.34. The summed E-state index contributed by atoms with van der Waals surface area (Å²) in [6, 6.07) is 7.94. The Kier molecular flexibility index (Phi) is 4.83. The van der Waals surface area contributed by atoms with Gasteiger partial charge in [-0.15, -0.1) is 0 Å². The summed E-state index contributed by atoms with van der Waals surface area (Å²) in [7, 11) is 0. The lowest BCUT2D eigenvalue weighted by molar-refractivity contribution is -0.138. The quantitative estimate of drug-likeness (QED) is 0.407. The van der Waals surface area contributed by atoms with Crippen LogP contribution in [0.4, 0.5) is 37.8 Å². The van der Waals surface area contributed by atoms with Crippen molar-refractivity contribution < 1.29 is 26.3 Å². The molecule has 0 aliphatic rings. The Morgan fingerprint density at radius 2 is 1.65 bits per heavy atom. The van der Waals surface area contributed by atoms with Crippen LogP contribution in [0.5, 0.6) is 0 Å². The number of pyridine rings is 1. The molecule has 0 fully saturated rings. The minimum Gasteiger partial charge on any atom is -0.339 e. The molecule has 0 unspecified atom stereocenters. The third kappa shape index (κ3) is 4.03. The summed E-state index contributed by atoms with van der Waals surface area (Å²) in [5.41, 5.74) is -0.744. The van der Waals surface area contributed by atoms with Gasteiger partial charge in [-0.05, 0) is 49.4 Å². The fourth-order valence-corrected chi connectivity index (χ4v) is 3.06. The number of hydrogen-bond donors (Lipinski definition) is 1. The summed E-state index contributed by atoms with van der Waals surface area (Å²) >= 11 is 0. The van der Waals surface area contributed by atoms with Crippen molar-refractivity contribution in [2.75, 3.05) is 5.32 Å². The van der Waals surface area contributed by atoms with Gasteiger partial charge in [-0.2, -0.15) is 36.0 Å². The largest absolute Gasteiger partial charge is 0.418 e. The number of nitrogens with zero attached hydrogens (tertiary/aromatic N) is 4. The van der Waals surface area contributed by atoms with Crippen molar-refractivity contribution in [3.8, 4) is 11.3 Å². The smallest absolute Gasteiger partial charge is 0.339 e. The molecule has 11 heteroatoms. The van der Waals surface area contributed by atoms with E-state index in [1.165, 1.54) is 41.2 Å². The highest BCUT2D eigenvalue weighted by atomic mass is 19.4. The summed E-state index contributed by atoms with van der Waals surface area (Å²) in [5, 5.41) is 7.10. The van der Waals surface area contributed by atoms with Crippen LogP contribution >= 0.6 is 0 Å². The first kappa shape index (κ1) is 20.6. The van der Waals surface area contributed by atoms with E-state index in [0.29, 0.717) is 17.2 Å². The average Bonchev–Trinajstić information content (AvgIpc) is 3.01. The van der Waals surface area contributed by atoms with Gasteiger partial charge in [0.2, 0.25) is 0 Å². The van der Waals surface area contributed by atoms with E-state index in [0.717, 1.165) is 18.2 Å². The molecule has 0 amide bonds. The van der Waals surface area contributed by atoms with Crippen LogP contribution in [0.1, 0.15) is 16.8 Å². The molecule has 0 saturated heterocycles. The van der Waals surface area contributed by atoms with Crippen LogP contribution in [-0.2, 0) is 12.4 Å². The summed E-state index contributed by atoms with van der Waals surface area (Å²) < 4.78 is 79.4. The van der Waals surface area contributed by atoms with Gasteiger partial charge in [0.25, 0.3) is 0 Å². The first-order valence-corrected chi connectivity index (χ1v) is 8.86. The number of fused-ring (bicyclic) bond motifs is 1. The highest BCUT2D eigenvalue weighted by molar-refractivity contribution is 5.69. The number of anilines is 2. The number of halogens is 6. The van der Waals surface area contributed by atoms with Crippen LogP contribution in [0.25, 0.3) is 16.9 Å². The predicted molar refractivity (Wildman–Crippen MR) is 101 cm³/mol. The minimum atomic E-state index is -4.59. The zero-order valence-corrected chi connectivity index (χ0v) is 15.8. The fourth-order valence-electron chi connectivity index (χ4n) is 3.06. The Hall–Kier alpha value is -3.63. The SMILES string of the molecule is Cc1nc2cc(-c3ncccc3C(F)(F)F)cnn2c1Nc1ccc(C(F)(F)F)cc1. The van der Waals surface area contributed by atoms with Crippen molar-refractivity contribution in [1.82, 2.24) is 19.6 Å². The molecule has 0 aliphatic carbocycles. The van der Waals surface area contributed by atoms with Gasteiger partial charge in [0.05, 0.1) is 28.7 Å². The molecule has 4 aromatic rings. The molecular formula is C20H13F6N5. The van der Waals surface area contributed by atoms with Crippen LogP contribution in [0.3, 0.4) is 0 Å². The predicted octanol–water partition coefficient (Wildman–Crippen LogP) is 5.88. The van der Waals surface area contributed by atoms with E-state index in [4.69, 9.17) is 0 Å². The van der Waals surface area contributed by atoms with E-state index >= 15 is 0 Å². The maximum absolute atomic E-state index is 13.3. The van der Waals surface area contributed by atoms with E-state index in [1.54, 1.807) is 6.92 Å². The number of alkyl halides is 6. The number of aromatic nitrogens is 4. The number of aryl methyl sites for hydroxylation is 1. The van der Waals surface area contributed by atoms with Crippen molar-refractivity contribution in [1.29, 1.82) is 0 Å². The lowest BCUT2D eigenvalue weighted by Gasteiger charge is -2.12. The Balaban J connectivity index is 1.71. The normalized spacial score (nSPS) is 12.4. The molecule has 0 bridgehead atoms. The molecule has 31 heavy (non-hydrogen) atoms. The number of nitrogens with one attached hydrogen (secondary N) is 1. The third-order valence-corrected chi connectivity index (χ3v) is 4.51. The first-order valence-electron chi connectivity index (χ1n) is 8.86. The Morgan fingerprint density at radius 3 is 2.29 bits per heavy atom. The molecule has 4 rings (SSSR count). The Morgan fingerprint density at radius 1 is 0.935 bits per heavy atom.